The van der Waals surface area contributed by atoms with Gasteiger partial charge in [-0.05, 0) is 35.6 Å². The van der Waals surface area contributed by atoms with Gasteiger partial charge in [0.1, 0.15) is 0 Å². The van der Waals surface area contributed by atoms with Crippen molar-refractivity contribution in [1.29, 1.82) is 0 Å². The van der Waals surface area contributed by atoms with Crippen LogP contribution in [0.1, 0.15) is 18.4 Å². The number of nitrogens with one attached hydrogen (secondary N) is 2. The highest BCUT2D eigenvalue weighted by molar-refractivity contribution is 7.90. The third-order valence-corrected chi connectivity index (χ3v) is 6.85. The highest BCUT2D eigenvalue weighted by atomic mass is 32.2. The zero-order chi connectivity index (χ0) is 21.8. The second-order valence-corrected chi connectivity index (χ2v) is 9.09. The molecule has 1 aliphatic heterocycles. The van der Waals surface area contributed by atoms with Crippen molar-refractivity contribution in [2.24, 2.45) is 4.99 Å². The monoisotopic (exact) mass is 442 g/mol. The molecule has 0 atom stereocenters. The van der Waals surface area contributed by atoms with E-state index in [0.29, 0.717) is 16.8 Å². The lowest BCUT2D eigenvalue weighted by Crippen LogP contribution is -2.51. The lowest BCUT2D eigenvalue weighted by atomic mass is 10.0. The number of hydrogen-bond donors (Lipinski definition) is 2. The summed E-state index contributed by atoms with van der Waals surface area (Å²) in [6.07, 6.45) is 1.34. The zero-order valence-electron chi connectivity index (χ0n) is 16.6. The van der Waals surface area contributed by atoms with Gasteiger partial charge in [-0.3, -0.25) is 4.99 Å². The van der Waals surface area contributed by atoms with Gasteiger partial charge in [-0.25, -0.2) is 8.42 Å². The SMILES string of the molecule is CN=C(NCCc1cccc2ccccc12)NC1CCN(S(=O)(=O)C(F)(F)F)CC1. The van der Waals surface area contributed by atoms with Gasteiger partial charge in [0.15, 0.2) is 5.96 Å². The Bertz CT molecular complexity index is 995. The van der Waals surface area contributed by atoms with E-state index in [9.17, 15) is 21.6 Å². The molecule has 10 heteroatoms. The van der Waals surface area contributed by atoms with Gasteiger partial charge in [-0.2, -0.15) is 17.5 Å². The highest BCUT2D eigenvalue weighted by Gasteiger charge is 2.50. The van der Waals surface area contributed by atoms with Crippen LogP contribution in [0, 0.1) is 0 Å². The molecule has 30 heavy (non-hydrogen) atoms. The number of alkyl halides is 3. The largest absolute Gasteiger partial charge is 0.511 e. The number of aliphatic imine (C=N–C) groups is 1. The minimum atomic E-state index is -5.26. The Labute approximate surface area is 174 Å². The van der Waals surface area contributed by atoms with Crippen LogP contribution in [0.25, 0.3) is 10.8 Å². The predicted molar refractivity (Wildman–Crippen MR) is 112 cm³/mol. The Kier molecular flexibility index (Phi) is 6.87. The molecule has 0 spiro atoms. The average Bonchev–Trinajstić information content (AvgIpc) is 2.72. The van der Waals surface area contributed by atoms with Gasteiger partial charge in [0.2, 0.25) is 0 Å². The molecular formula is C20H25F3N4O2S. The van der Waals surface area contributed by atoms with Crippen molar-refractivity contribution >= 4 is 26.8 Å². The lowest BCUT2D eigenvalue weighted by Gasteiger charge is -2.32. The molecule has 6 nitrogen and oxygen atoms in total. The first-order chi connectivity index (χ1) is 14.2. The first kappa shape index (κ1) is 22.4. The number of hydrogen-bond acceptors (Lipinski definition) is 3. The number of rotatable bonds is 5. The molecule has 2 aromatic carbocycles. The van der Waals surface area contributed by atoms with Crippen LogP contribution < -0.4 is 10.6 Å². The fourth-order valence-corrected chi connectivity index (χ4v) is 4.59. The van der Waals surface area contributed by atoms with Crippen molar-refractivity contribution in [2.75, 3.05) is 26.7 Å². The molecule has 1 aliphatic rings. The molecular weight excluding hydrogens is 417 g/mol. The summed E-state index contributed by atoms with van der Waals surface area (Å²) in [5.41, 5.74) is -4.05. The number of benzene rings is 2. The topological polar surface area (TPSA) is 73.8 Å². The van der Waals surface area contributed by atoms with E-state index in [2.05, 4.69) is 39.9 Å². The predicted octanol–water partition coefficient (Wildman–Crippen LogP) is 2.86. The van der Waals surface area contributed by atoms with E-state index in [-0.39, 0.29) is 32.0 Å². The molecule has 1 fully saturated rings. The Hall–Kier alpha value is -2.33. The summed E-state index contributed by atoms with van der Waals surface area (Å²) in [4.78, 5) is 4.17. The van der Waals surface area contributed by atoms with E-state index >= 15 is 0 Å². The van der Waals surface area contributed by atoms with Gasteiger partial charge in [0.05, 0.1) is 0 Å². The standard InChI is InChI=1S/C20H25F3N4O2S/c1-24-19(25-12-9-16-7-4-6-15-5-2-3-8-18(15)16)26-17-10-13-27(14-11-17)30(28,29)20(21,22)23/h2-8,17H,9-14H2,1H3,(H2,24,25,26). The summed E-state index contributed by atoms with van der Waals surface area (Å²) in [5.74, 6) is 0.548. The van der Waals surface area contributed by atoms with Gasteiger partial charge < -0.3 is 10.6 Å². The van der Waals surface area contributed by atoms with Crippen LogP contribution >= 0.6 is 0 Å². The number of guanidine groups is 1. The van der Waals surface area contributed by atoms with Crippen molar-refractivity contribution in [3.8, 4) is 0 Å². The molecule has 2 N–H and O–H groups in total. The van der Waals surface area contributed by atoms with Crippen LogP contribution in [0.3, 0.4) is 0 Å². The van der Waals surface area contributed by atoms with Crippen molar-refractivity contribution in [2.45, 2.75) is 30.8 Å². The number of nitrogens with zero attached hydrogens (tertiary/aromatic N) is 2. The molecule has 0 amide bonds. The van der Waals surface area contributed by atoms with Crippen molar-refractivity contribution < 1.29 is 21.6 Å². The van der Waals surface area contributed by atoms with E-state index in [4.69, 9.17) is 0 Å². The van der Waals surface area contributed by atoms with Gasteiger partial charge in [0.25, 0.3) is 0 Å². The molecule has 3 rings (SSSR count). The number of piperidine rings is 1. The average molecular weight is 443 g/mol. The fourth-order valence-electron chi connectivity index (χ4n) is 3.60. The summed E-state index contributed by atoms with van der Waals surface area (Å²) in [5, 5.41) is 8.77. The maximum Gasteiger partial charge on any atom is 0.511 e. The molecule has 0 radical (unpaired) electrons. The van der Waals surface area contributed by atoms with E-state index in [1.54, 1.807) is 7.05 Å². The molecule has 0 aliphatic carbocycles. The van der Waals surface area contributed by atoms with Crippen LogP contribution in [0.5, 0.6) is 0 Å². The Morgan fingerprint density at radius 2 is 1.80 bits per heavy atom. The highest BCUT2D eigenvalue weighted by Crippen LogP contribution is 2.29. The molecule has 0 saturated carbocycles. The maximum atomic E-state index is 12.7. The molecule has 0 aromatic heterocycles. The summed E-state index contributed by atoms with van der Waals surface area (Å²) in [6, 6.07) is 14.2. The van der Waals surface area contributed by atoms with E-state index in [0.717, 1.165) is 6.42 Å². The lowest BCUT2D eigenvalue weighted by molar-refractivity contribution is -0.0494. The Morgan fingerprint density at radius 1 is 1.13 bits per heavy atom. The Morgan fingerprint density at radius 3 is 2.47 bits per heavy atom. The second kappa shape index (κ2) is 9.22. The second-order valence-electron chi connectivity index (χ2n) is 7.16. The fraction of sp³-hybridized carbons (Fsp3) is 0.450. The summed E-state index contributed by atoms with van der Waals surface area (Å²) < 4.78 is 61.6. The molecule has 0 bridgehead atoms. The van der Waals surface area contributed by atoms with E-state index in [1.165, 1.54) is 16.3 Å². The minimum absolute atomic E-state index is 0.145. The van der Waals surface area contributed by atoms with Gasteiger partial charge >= 0.3 is 15.5 Å². The quantitative estimate of drug-likeness (QED) is 0.552. The number of fused-ring (bicyclic) bond motifs is 1. The molecule has 1 saturated heterocycles. The van der Waals surface area contributed by atoms with E-state index in [1.807, 2.05) is 18.2 Å². The third kappa shape index (κ3) is 5.04. The zero-order valence-corrected chi connectivity index (χ0v) is 17.4. The van der Waals surface area contributed by atoms with Crippen LogP contribution in [0.4, 0.5) is 13.2 Å². The van der Waals surface area contributed by atoms with Crippen LogP contribution in [0.2, 0.25) is 0 Å². The third-order valence-electron chi connectivity index (χ3n) is 5.22. The smallest absolute Gasteiger partial charge is 0.356 e. The summed E-state index contributed by atoms with van der Waals surface area (Å²) >= 11 is 0. The van der Waals surface area contributed by atoms with Crippen molar-refractivity contribution in [3.05, 3.63) is 48.0 Å². The van der Waals surface area contributed by atoms with Crippen molar-refractivity contribution in [1.82, 2.24) is 14.9 Å². The van der Waals surface area contributed by atoms with Crippen LogP contribution in [-0.4, -0.2) is 56.9 Å². The van der Waals surface area contributed by atoms with Gasteiger partial charge in [-0.1, -0.05) is 42.5 Å². The minimum Gasteiger partial charge on any atom is -0.356 e. The first-order valence-corrected chi connectivity index (χ1v) is 11.2. The molecule has 0 unspecified atom stereocenters. The molecule has 2 aromatic rings. The normalized spacial score (nSPS) is 17.3. The van der Waals surface area contributed by atoms with Crippen molar-refractivity contribution in [3.63, 3.8) is 0 Å². The van der Waals surface area contributed by atoms with Gasteiger partial charge in [-0.15, -0.1) is 0 Å². The Balaban J connectivity index is 1.50. The first-order valence-electron chi connectivity index (χ1n) is 9.72. The molecule has 164 valence electrons. The summed E-state index contributed by atoms with van der Waals surface area (Å²) in [6.45, 7) is 0.286. The van der Waals surface area contributed by atoms with Crippen LogP contribution in [0.15, 0.2) is 47.5 Å². The number of sulfonamides is 1. The molecule has 1 heterocycles. The number of halogens is 3. The van der Waals surface area contributed by atoms with Gasteiger partial charge in [0, 0.05) is 32.7 Å². The van der Waals surface area contributed by atoms with E-state index < -0.39 is 15.5 Å². The summed E-state index contributed by atoms with van der Waals surface area (Å²) in [7, 11) is -3.64. The maximum absolute atomic E-state index is 12.7. The van der Waals surface area contributed by atoms with Crippen LogP contribution in [-0.2, 0) is 16.4 Å².